The van der Waals surface area contributed by atoms with Crippen LogP contribution in [0.15, 0.2) is 29.2 Å². The first-order chi connectivity index (χ1) is 10.1. The first-order valence-electron chi connectivity index (χ1n) is 7.04. The zero-order valence-corrected chi connectivity index (χ0v) is 14.1. The van der Waals surface area contributed by atoms with Crippen LogP contribution in [0.1, 0.15) is 42.5 Å². The van der Waals surface area contributed by atoms with Gasteiger partial charge in [0.15, 0.2) is 5.78 Å². The van der Waals surface area contributed by atoms with Crippen molar-refractivity contribution in [3.05, 3.63) is 46.2 Å². The molecule has 3 nitrogen and oxygen atoms in total. The van der Waals surface area contributed by atoms with Crippen LogP contribution in [0.25, 0.3) is 0 Å². The lowest BCUT2D eigenvalue weighted by atomic mass is 10.2. The van der Waals surface area contributed by atoms with Gasteiger partial charge in [-0.25, -0.2) is 0 Å². The molecule has 1 aromatic heterocycles. The molecule has 112 valence electrons. The molecule has 2 aromatic rings. The fraction of sp³-hybridized carbons (Fsp3) is 0.375. The Kier molecular flexibility index (Phi) is 5.48. The molecule has 0 spiro atoms. The number of ketones is 1. The monoisotopic (exact) mass is 322 g/mol. The Hall–Kier alpha value is -1.26. The van der Waals surface area contributed by atoms with Crippen LogP contribution in [0.4, 0.5) is 0 Å². The van der Waals surface area contributed by atoms with Gasteiger partial charge in [0, 0.05) is 22.8 Å². The Morgan fingerprint density at radius 3 is 2.76 bits per heavy atom. The van der Waals surface area contributed by atoms with Gasteiger partial charge < -0.3 is 0 Å². The molecule has 1 heterocycles. The normalized spacial score (nSPS) is 10.9. The Bertz CT molecular complexity index is 652. The molecular formula is C16H19ClN2OS. The summed E-state index contributed by atoms with van der Waals surface area (Å²) in [7, 11) is 0. The Labute approximate surface area is 134 Å². The number of halogens is 1. The number of aromatic nitrogens is 2. The number of nitrogens with zero attached hydrogens (tertiary/aromatic N) is 2. The van der Waals surface area contributed by atoms with Gasteiger partial charge in [0.1, 0.15) is 0 Å². The number of hydrogen-bond acceptors (Lipinski definition) is 3. The van der Waals surface area contributed by atoms with Gasteiger partial charge in [0.25, 0.3) is 0 Å². The Balaban J connectivity index is 2.18. The lowest BCUT2D eigenvalue weighted by molar-refractivity contribution is 0.101. The maximum atomic E-state index is 11.4. The van der Waals surface area contributed by atoms with E-state index in [1.54, 1.807) is 18.7 Å². The molecule has 0 saturated carbocycles. The summed E-state index contributed by atoms with van der Waals surface area (Å²) in [5.74, 6) is 0.837. The van der Waals surface area contributed by atoms with Crippen LogP contribution in [0.5, 0.6) is 0 Å². The molecule has 21 heavy (non-hydrogen) atoms. The standard InChI is InChI=1S/C16H19ClN2OS/c1-4-14-16(17)15(19(5-2)18-14)10-21-13-8-6-7-12(9-13)11(3)20/h6-9H,4-5,10H2,1-3H3. The van der Waals surface area contributed by atoms with Gasteiger partial charge in [0.05, 0.1) is 16.4 Å². The van der Waals surface area contributed by atoms with Gasteiger partial charge in [-0.3, -0.25) is 9.48 Å². The second-order valence-electron chi connectivity index (χ2n) is 4.75. The number of hydrogen-bond donors (Lipinski definition) is 0. The second kappa shape index (κ2) is 7.14. The van der Waals surface area contributed by atoms with Crippen molar-refractivity contribution < 1.29 is 4.79 Å². The average molecular weight is 323 g/mol. The molecule has 0 radical (unpaired) electrons. The molecule has 0 bridgehead atoms. The number of Topliss-reactive ketones (excluding diaryl/α,β-unsaturated/α-hetero) is 1. The van der Waals surface area contributed by atoms with E-state index >= 15 is 0 Å². The van der Waals surface area contributed by atoms with Gasteiger partial charge in [-0.2, -0.15) is 5.10 Å². The van der Waals surface area contributed by atoms with Crippen molar-refractivity contribution in [1.82, 2.24) is 9.78 Å². The first-order valence-corrected chi connectivity index (χ1v) is 8.41. The van der Waals surface area contributed by atoms with Gasteiger partial charge in [-0.15, -0.1) is 11.8 Å². The third-order valence-corrected chi connectivity index (χ3v) is 4.75. The van der Waals surface area contributed by atoms with Crippen molar-refractivity contribution in [1.29, 1.82) is 0 Å². The summed E-state index contributed by atoms with van der Waals surface area (Å²) in [6, 6.07) is 7.69. The van der Waals surface area contributed by atoms with E-state index in [4.69, 9.17) is 11.6 Å². The minimum absolute atomic E-state index is 0.0855. The highest BCUT2D eigenvalue weighted by Crippen LogP contribution is 2.29. The highest BCUT2D eigenvalue weighted by molar-refractivity contribution is 7.98. The van der Waals surface area contributed by atoms with Gasteiger partial charge in [-0.1, -0.05) is 30.7 Å². The predicted octanol–water partition coefficient (Wildman–Crippen LogP) is 4.61. The molecule has 0 atom stereocenters. The zero-order chi connectivity index (χ0) is 15.4. The summed E-state index contributed by atoms with van der Waals surface area (Å²) >= 11 is 8.08. The largest absolute Gasteiger partial charge is 0.295 e. The third-order valence-electron chi connectivity index (χ3n) is 3.31. The van der Waals surface area contributed by atoms with Gasteiger partial charge >= 0.3 is 0 Å². The number of carbonyl (C=O) groups is 1. The zero-order valence-electron chi connectivity index (χ0n) is 12.5. The lowest BCUT2D eigenvalue weighted by Gasteiger charge is -2.06. The van der Waals surface area contributed by atoms with Crippen LogP contribution >= 0.6 is 23.4 Å². The fourth-order valence-corrected chi connectivity index (χ4v) is 3.51. The maximum Gasteiger partial charge on any atom is 0.159 e. The molecule has 0 unspecified atom stereocenters. The molecule has 0 aliphatic carbocycles. The third kappa shape index (κ3) is 3.69. The van der Waals surface area contributed by atoms with Crippen LogP contribution in [-0.4, -0.2) is 15.6 Å². The minimum atomic E-state index is 0.0855. The summed E-state index contributed by atoms with van der Waals surface area (Å²) in [5.41, 5.74) is 2.74. The van der Waals surface area contributed by atoms with Crippen molar-refractivity contribution in [2.24, 2.45) is 0 Å². The van der Waals surface area contributed by atoms with E-state index in [2.05, 4.69) is 18.9 Å². The molecular weight excluding hydrogens is 304 g/mol. The van der Waals surface area contributed by atoms with E-state index < -0.39 is 0 Å². The number of rotatable bonds is 6. The lowest BCUT2D eigenvalue weighted by Crippen LogP contribution is -2.02. The maximum absolute atomic E-state index is 11.4. The van der Waals surface area contributed by atoms with E-state index in [-0.39, 0.29) is 5.78 Å². The number of benzene rings is 1. The summed E-state index contributed by atoms with van der Waals surface area (Å²) in [5, 5.41) is 5.29. The van der Waals surface area contributed by atoms with E-state index in [9.17, 15) is 4.79 Å². The number of carbonyl (C=O) groups excluding carboxylic acids is 1. The van der Waals surface area contributed by atoms with E-state index in [0.717, 1.165) is 45.6 Å². The molecule has 0 amide bonds. The molecule has 5 heteroatoms. The SMILES string of the molecule is CCc1nn(CC)c(CSc2cccc(C(C)=O)c2)c1Cl. The predicted molar refractivity (Wildman–Crippen MR) is 88.3 cm³/mol. The Morgan fingerprint density at radius 2 is 2.14 bits per heavy atom. The summed E-state index contributed by atoms with van der Waals surface area (Å²) in [4.78, 5) is 12.5. The van der Waals surface area contributed by atoms with Crippen LogP contribution in [0.2, 0.25) is 5.02 Å². The van der Waals surface area contributed by atoms with Gasteiger partial charge in [0.2, 0.25) is 0 Å². The second-order valence-corrected chi connectivity index (χ2v) is 6.18. The topological polar surface area (TPSA) is 34.9 Å². The van der Waals surface area contributed by atoms with Crippen molar-refractivity contribution in [3.63, 3.8) is 0 Å². The highest BCUT2D eigenvalue weighted by atomic mass is 35.5. The van der Waals surface area contributed by atoms with Crippen molar-refractivity contribution >= 4 is 29.1 Å². The fourth-order valence-electron chi connectivity index (χ4n) is 2.11. The van der Waals surface area contributed by atoms with Crippen LogP contribution < -0.4 is 0 Å². The van der Waals surface area contributed by atoms with E-state index in [1.807, 2.05) is 28.9 Å². The quantitative estimate of drug-likeness (QED) is 0.575. The van der Waals surface area contributed by atoms with Crippen molar-refractivity contribution in [3.8, 4) is 0 Å². The molecule has 0 N–H and O–H groups in total. The average Bonchev–Trinajstić information content (AvgIpc) is 2.81. The van der Waals surface area contributed by atoms with E-state index in [1.165, 1.54) is 0 Å². The Morgan fingerprint density at radius 1 is 1.38 bits per heavy atom. The van der Waals surface area contributed by atoms with Crippen molar-refractivity contribution in [2.45, 2.75) is 44.4 Å². The van der Waals surface area contributed by atoms with Crippen LogP contribution in [0.3, 0.4) is 0 Å². The first kappa shape index (κ1) is 16.1. The van der Waals surface area contributed by atoms with E-state index in [0.29, 0.717) is 0 Å². The summed E-state index contributed by atoms with van der Waals surface area (Å²) in [6.07, 6.45) is 0.837. The van der Waals surface area contributed by atoms with Gasteiger partial charge in [-0.05, 0) is 32.4 Å². The number of thioether (sulfide) groups is 1. The highest BCUT2D eigenvalue weighted by Gasteiger charge is 2.14. The number of aryl methyl sites for hydroxylation is 2. The summed E-state index contributed by atoms with van der Waals surface area (Å²) < 4.78 is 1.96. The molecule has 0 fully saturated rings. The molecule has 0 aliphatic rings. The van der Waals surface area contributed by atoms with Crippen molar-refractivity contribution in [2.75, 3.05) is 0 Å². The molecule has 0 saturated heterocycles. The minimum Gasteiger partial charge on any atom is -0.295 e. The smallest absolute Gasteiger partial charge is 0.159 e. The summed E-state index contributed by atoms with van der Waals surface area (Å²) in [6.45, 7) is 6.51. The molecule has 2 rings (SSSR count). The molecule has 0 aliphatic heterocycles. The van der Waals surface area contributed by atoms with Crippen LogP contribution in [-0.2, 0) is 18.7 Å². The molecule has 1 aromatic carbocycles. The van der Waals surface area contributed by atoms with Crippen LogP contribution in [0, 0.1) is 0 Å².